The molecule has 0 spiro atoms. The molecule has 0 aliphatic carbocycles. The maximum absolute atomic E-state index is 13.6. The molecule has 0 radical (unpaired) electrons. The summed E-state index contributed by atoms with van der Waals surface area (Å²) in [6, 6.07) is 14.0. The summed E-state index contributed by atoms with van der Waals surface area (Å²) in [5.41, 5.74) is -0.242. The first-order chi connectivity index (χ1) is 15.9. The summed E-state index contributed by atoms with van der Waals surface area (Å²) >= 11 is 0. The maximum Gasteiger partial charge on any atom is 0.321 e. The SMILES string of the molecule is CCOC(=O)[C@@]1(CC=Cc2cc(OC)cc(OC)c2)CCCN(C(=O)c2ccccc2)C1=O. The topological polar surface area (TPSA) is 82.1 Å². The Kier molecular flexibility index (Phi) is 7.87. The van der Waals surface area contributed by atoms with E-state index in [0.29, 0.717) is 29.9 Å². The summed E-state index contributed by atoms with van der Waals surface area (Å²) in [6.07, 6.45) is 4.51. The Balaban J connectivity index is 1.89. The van der Waals surface area contributed by atoms with Crippen molar-refractivity contribution in [2.24, 2.45) is 5.41 Å². The lowest BCUT2D eigenvalue weighted by Gasteiger charge is -2.38. The molecule has 7 nitrogen and oxygen atoms in total. The Hall–Kier alpha value is -3.61. The summed E-state index contributed by atoms with van der Waals surface area (Å²) in [4.78, 5) is 40.8. The van der Waals surface area contributed by atoms with Gasteiger partial charge in [0.05, 0.1) is 20.8 Å². The summed E-state index contributed by atoms with van der Waals surface area (Å²) in [6.45, 7) is 2.12. The van der Waals surface area contributed by atoms with Crippen molar-refractivity contribution in [3.05, 3.63) is 65.7 Å². The third-order valence-electron chi connectivity index (χ3n) is 5.72. The number of esters is 1. The molecule has 2 aromatic carbocycles. The Bertz CT molecular complexity index is 1010. The van der Waals surface area contributed by atoms with Crippen LogP contribution in [-0.4, -0.2) is 50.1 Å². The normalized spacial score (nSPS) is 18.3. The number of ether oxygens (including phenoxy) is 3. The van der Waals surface area contributed by atoms with E-state index in [1.54, 1.807) is 69.7 Å². The van der Waals surface area contributed by atoms with Crippen LogP contribution in [0.1, 0.15) is 42.1 Å². The van der Waals surface area contributed by atoms with Crippen LogP contribution < -0.4 is 9.47 Å². The van der Waals surface area contributed by atoms with Gasteiger partial charge in [0.25, 0.3) is 5.91 Å². The molecule has 1 fully saturated rings. The van der Waals surface area contributed by atoms with Gasteiger partial charge in [0.15, 0.2) is 5.41 Å². The molecular weight excluding hydrogens is 422 g/mol. The van der Waals surface area contributed by atoms with E-state index >= 15 is 0 Å². The van der Waals surface area contributed by atoms with Crippen molar-refractivity contribution in [2.45, 2.75) is 26.2 Å². The highest BCUT2D eigenvalue weighted by Gasteiger charge is 2.52. The van der Waals surface area contributed by atoms with Gasteiger partial charge < -0.3 is 14.2 Å². The first-order valence-electron chi connectivity index (χ1n) is 10.9. The number of imide groups is 1. The second-order valence-electron chi connectivity index (χ2n) is 7.79. The van der Waals surface area contributed by atoms with Gasteiger partial charge >= 0.3 is 5.97 Å². The van der Waals surface area contributed by atoms with Crippen molar-refractivity contribution < 1.29 is 28.6 Å². The van der Waals surface area contributed by atoms with Crippen molar-refractivity contribution in [1.29, 1.82) is 0 Å². The number of piperidine rings is 1. The number of amides is 2. The Labute approximate surface area is 193 Å². The lowest BCUT2D eigenvalue weighted by atomic mass is 9.75. The summed E-state index contributed by atoms with van der Waals surface area (Å²) in [5.74, 6) is -0.275. The van der Waals surface area contributed by atoms with E-state index < -0.39 is 23.2 Å². The van der Waals surface area contributed by atoms with E-state index in [0.717, 1.165) is 5.56 Å². The fourth-order valence-electron chi connectivity index (χ4n) is 3.99. The molecule has 7 heteroatoms. The zero-order chi connectivity index (χ0) is 23.8. The van der Waals surface area contributed by atoms with Gasteiger partial charge in [-0.2, -0.15) is 0 Å². The number of carbonyl (C=O) groups is 3. The molecule has 0 saturated carbocycles. The minimum absolute atomic E-state index is 0.114. The first-order valence-corrected chi connectivity index (χ1v) is 10.9. The molecule has 2 amide bonds. The summed E-state index contributed by atoms with van der Waals surface area (Å²) in [5, 5.41) is 0. The molecular formula is C26H29NO6. The molecule has 2 aromatic rings. The van der Waals surface area contributed by atoms with Gasteiger partial charge in [0.1, 0.15) is 11.5 Å². The number of methoxy groups -OCH3 is 2. The standard InChI is InChI=1S/C26H29NO6/c1-4-33-25(30)26(13-8-10-19-16-21(31-2)18-22(17-19)32-3)14-9-15-27(24(26)29)23(28)20-11-6-5-7-12-20/h5-8,10-12,16-18H,4,9,13-15H2,1-3H3/t26-/m0/s1. The van der Waals surface area contributed by atoms with E-state index in [1.165, 1.54) is 4.90 Å². The largest absolute Gasteiger partial charge is 0.497 e. The fourth-order valence-corrected chi connectivity index (χ4v) is 3.99. The first kappa shape index (κ1) is 24.0. The van der Waals surface area contributed by atoms with Crippen LogP contribution in [0.2, 0.25) is 0 Å². The molecule has 33 heavy (non-hydrogen) atoms. The predicted octanol–water partition coefficient (Wildman–Crippen LogP) is 4.12. The third-order valence-corrected chi connectivity index (χ3v) is 5.72. The lowest BCUT2D eigenvalue weighted by Crippen LogP contribution is -2.55. The Morgan fingerprint density at radius 3 is 2.33 bits per heavy atom. The van der Waals surface area contributed by atoms with Crippen molar-refractivity contribution in [1.82, 2.24) is 4.90 Å². The van der Waals surface area contributed by atoms with Crippen LogP contribution in [0, 0.1) is 5.41 Å². The van der Waals surface area contributed by atoms with Crippen molar-refractivity contribution in [3.8, 4) is 11.5 Å². The minimum atomic E-state index is -1.45. The molecule has 0 unspecified atom stereocenters. The van der Waals surface area contributed by atoms with Crippen molar-refractivity contribution in [3.63, 3.8) is 0 Å². The monoisotopic (exact) mass is 451 g/mol. The number of hydrogen-bond donors (Lipinski definition) is 0. The smallest absolute Gasteiger partial charge is 0.321 e. The highest BCUT2D eigenvalue weighted by atomic mass is 16.5. The van der Waals surface area contributed by atoms with Crippen molar-refractivity contribution >= 4 is 23.9 Å². The number of nitrogens with zero attached hydrogens (tertiary/aromatic N) is 1. The zero-order valence-corrected chi connectivity index (χ0v) is 19.2. The molecule has 1 aliphatic rings. The van der Waals surface area contributed by atoms with E-state index in [9.17, 15) is 14.4 Å². The fraction of sp³-hybridized carbons (Fsp3) is 0.346. The van der Waals surface area contributed by atoms with Crippen LogP contribution in [0.5, 0.6) is 11.5 Å². The summed E-state index contributed by atoms with van der Waals surface area (Å²) in [7, 11) is 3.13. The van der Waals surface area contributed by atoms with Crippen LogP contribution >= 0.6 is 0 Å². The molecule has 0 N–H and O–H groups in total. The van der Waals surface area contributed by atoms with Gasteiger partial charge in [0.2, 0.25) is 5.91 Å². The van der Waals surface area contributed by atoms with E-state index in [1.807, 2.05) is 12.1 Å². The Morgan fingerprint density at radius 1 is 1.06 bits per heavy atom. The van der Waals surface area contributed by atoms with Gasteiger partial charge in [-0.25, -0.2) is 0 Å². The third kappa shape index (κ3) is 5.25. The van der Waals surface area contributed by atoms with Gasteiger partial charge in [-0.05, 0) is 56.0 Å². The quantitative estimate of drug-likeness (QED) is 0.341. The molecule has 0 bridgehead atoms. The molecule has 0 aromatic heterocycles. The van der Waals surface area contributed by atoms with E-state index in [4.69, 9.17) is 14.2 Å². The van der Waals surface area contributed by atoms with Crippen molar-refractivity contribution in [2.75, 3.05) is 27.4 Å². The number of carbonyl (C=O) groups excluding carboxylic acids is 3. The van der Waals surface area contributed by atoms with Crippen LogP contribution in [-0.2, 0) is 14.3 Å². The highest BCUT2D eigenvalue weighted by Crippen LogP contribution is 2.38. The molecule has 1 atom stereocenters. The highest BCUT2D eigenvalue weighted by molar-refractivity contribution is 6.13. The summed E-state index contributed by atoms with van der Waals surface area (Å²) < 4.78 is 15.9. The van der Waals surface area contributed by atoms with E-state index in [-0.39, 0.29) is 19.6 Å². The number of likely N-dealkylation sites (tertiary alicyclic amines) is 1. The van der Waals surface area contributed by atoms with Gasteiger partial charge in [-0.1, -0.05) is 30.4 Å². The number of benzene rings is 2. The second-order valence-corrected chi connectivity index (χ2v) is 7.79. The van der Waals surface area contributed by atoms with Gasteiger partial charge in [-0.15, -0.1) is 0 Å². The van der Waals surface area contributed by atoms with Crippen LogP contribution in [0.3, 0.4) is 0 Å². The number of rotatable bonds is 8. The molecule has 3 rings (SSSR count). The Morgan fingerprint density at radius 2 is 1.73 bits per heavy atom. The molecule has 1 heterocycles. The van der Waals surface area contributed by atoms with Crippen LogP contribution in [0.15, 0.2) is 54.6 Å². The minimum Gasteiger partial charge on any atom is -0.497 e. The number of hydrogen-bond acceptors (Lipinski definition) is 6. The second kappa shape index (κ2) is 10.8. The zero-order valence-electron chi connectivity index (χ0n) is 19.2. The average Bonchev–Trinajstić information content (AvgIpc) is 2.85. The lowest BCUT2D eigenvalue weighted by molar-refractivity contribution is -0.166. The van der Waals surface area contributed by atoms with Gasteiger partial charge in [-0.3, -0.25) is 19.3 Å². The average molecular weight is 452 g/mol. The molecule has 174 valence electrons. The predicted molar refractivity (Wildman–Crippen MR) is 124 cm³/mol. The van der Waals surface area contributed by atoms with Crippen LogP contribution in [0.4, 0.5) is 0 Å². The maximum atomic E-state index is 13.6. The molecule has 1 saturated heterocycles. The van der Waals surface area contributed by atoms with E-state index in [2.05, 4.69) is 0 Å². The molecule has 1 aliphatic heterocycles. The van der Waals surface area contributed by atoms with Gasteiger partial charge in [0, 0.05) is 18.2 Å². The number of allylic oxidation sites excluding steroid dienone is 1. The van der Waals surface area contributed by atoms with Crippen LogP contribution in [0.25, 0.3) is 6.08 Å².